The van der Waals surface area contributed by atoms with Gasteiger partial charge in [-0.3, -0.25) is 9.78 Å². The van der Waals surface area contributed by atoms with Crippen molar-refractivity contribution in [3.63, 3.8) is 0 Å². The second-order valence-electron chi connectivity index (χ2n) is 7.97. The SMILES string of the molecule is O=C(c1cncc(-c2cc[nH]c2)c1)c1cccc(N2CCCC(c3ccccc3)C2)n1. The minimum atomic E-state index is -0.108. The molecule has 4 aromatic rings. The van der Waals surface area contributed by atoms with Crippen LogP contribution < -0.4 is 4.90 Å². The molecule has 1 atom stereocenters. The number of hydrogen-bond donors (Lipinski definition) is 1. The van der Waals surface area contributed by atoms with E-state index in [4.69, 9.17) is 4.98 Å². The van der Waals surface area contributed by atoms with Crippen molar-refractivity contribution in [1.82, 2.24) is 15.0 Å². The molecule has 31 heavy (non-hydrogen) atoms. The van der Waals surface area contributed by atoms with Crippen molar-refractivity contribution in [3.05, 3.63) is 102 Å². The lowest BCUT2D eigenvalue weighted by atomic mass is 9.90. The van der Waals surface area contributed by atoms with Gasteiger partial charge in [-0.05, 0) is 42.7 Å². The Balaban J connectivity index is 1.38. The molecule has 5 rings (SSSR count). The molecule has 4 heterocycles. The molecule has 5 heteroatoms. The number of carbonyl (C=O) groups excluding carboxylic acids is 1. The standard InChI is InChI=1S/C26H24N4O/c31-26(23-14-22(16-28-17-23)20-11-12-27-15-20)24-9-4-10-25(29-24)30-13-5-8-21(18-30)19-6-2-1-3-7-19/h1-4,6-7,9-12,14-17,21,27H,5,8,13,18H2. The second kappa shape index (κ2) is 8.56. The lowest BCUT2D eigenvalue weighted by Gasteiger charge is -2.34. The highest BCUT2D eigenvalue weighted by Gasteiger charge is 2.23. The molecule has 1 unspecified atom stereocenters. The topological polar surface area (TPSA) is 61.9 Å². The Morgan fingerprint density at radius 3 is 2.74 bits per heavy atom. The van der Waals surface area contributed by atoms with Crippen molar-refractivity contribution in [2.75, 3.05) is 18.0 Å². The molecule has 0 radical (unpaired) electrons. The monoisotopic (exact) mass is 408 g/mol. The van der Waals surface area contributed by atoms with Crippen LogP contribution in [0.1, 0.15) is 40.4 Å². The number of benzene rings is 1. The van der Waals surface area contributed by atoms with E-state index < -0.39 is 0 Å². The van der Waals surface area contributed by atoms with Crippen LogP contribution in [0.4, 0.5) is 5.82 Å². The molecule has 154 valence electrons. The highest BCUT2D eigenvalue weighted by atomic mass is 16.1. The predicted molar refractivity (Wildman–Crippen MR) is 122 cm³/mol. The van der Waals surface area contributed by atoms with E-state index >= 15 is 0 Å². The van der Waals surface area contributed by atoms with Crippen molar-refractivity contribution < 1.29 is 4.79 Å². The maximum absolute atomic E-state index is 13.2. The Morgan fingerprint density at radius 2 is 1.90 bits per heavy atom. The lowest BCUT2D eigenvalue weighted by Crippen LogP contribution is -2.35. The summed E-state index contributed by atoms with van der Waals surface area (Å²) in [6.45, 7) is 1.87. The molecule has 0 saturated carbocycles. The van der Waals surface area contributed by atoms with Gasteiger partial charge in [-0.15, -0.1) is 0 Å². The molecule has 3 aromatic heterocycles. The average molecular weight is 409 g/mol. The number of anilines is 1. The minimum absolute atomic E-state index is 0.108. The average Bonchev–Trinajstić information content (AvgIpc) is 3.40. The van der Waals surface area contributed by atoms with Crippen LogP contribution in [0.3, 0.4) is 0 Å². The van der Waals surface area contributed by atoms with Crippen LogP contribution in [-0.4, -0.2) is 33.8 Å². The maximum Gasteiger partial charge on any atom is 0.212 e. The molecule has 1 fully saturated rings. The van der Waals surface area contributed by atoms with Gasteiger partial charge >= 0.3 is 0 Å². The van der Waals surface area contributed by atoms with Gasteiger partial charge in [-0.2, -0.15) is 0 Å². The quantitative estimate of drug-likeness (QED) is 0.468. The number of aromatic nitrogens is 3. The number of carbonyl (C=O) groups is 1. The molecule has 0 bridgehead atoms. The third-order valence-corrected chi connectivity index (χ3v) is 5.92. The number of rotatable bonds is 5. The maximum atomic E-state index is 13.2. The van der Waals surface area contributed by atoms with Crippen LogP contribution in [0.15, 0.2) is 85.5 Å². The highest BCUT2D eigenvalue weighted by molar-refractivity contribution is 6.08. The van der Waals surface area contributed by atoms with Crippen molar-refractivity contribution in [1.29, 1.82) is 0 Å². The van der Waals surface area contributed by atoms with Gasteiger partial charge in [0.1, 0.15) is 11.5 Å². The Kier molecular flexibility index (Phi) is 5.31. The Bertz CT molecular complexity index is 1170. The number of nitrogens with zero attached hydrogens (tertiary/aromatic N) is 3. The number of ketones is 1. The van der Waals surface area contributed by atoms with Gasteiger partial charge in [0.2, 0.25) is 5.78 Å². The van der Waals surface area contributed by atoms with Crippen LogP contribution in [0.5, 0.6) is 0 Å². The summed E-state index contributed by atoms with van der Waals surface area (Å²) >= 11 is 0. The smallest absolute Gasteiger partial charge is 0.212 e. The fourth-order valence-electron chi connectivity index (χ4n) is 4.28. The van der Waals surface area contributed by atoms with E-state index in [1.54, 1.807) is 18.5 Å². The summed E-state index contributed by atoms with van der Waals surface area (Å²) in [5.74, 6) is 1.24. The van der Waals surface area contributed by atoms with E-state index in [2.05, 4.69) is 45.2 Å². The largest absolute Gasteiger partial charge is 0.367 e. The molecule has 0 spiro atoms. The minimum Gasteiger partial charge on any atom is -0.367 e. The summed E-state index contributed by atoms with van der Waals surface area (Å²) in [7, 11) is 0. The first-order valence-electron chi connectivity index (χ1n) is 10.7. The van der Waals surface area contributed by atoms with Crippen molar-refractivity contribution in [2.24, 2.45) is 0 Å². The summed E-state index contributed by atoms with van der Waals surface area (Å²) in [6, 6.07) is 20.2. The zero-order chi connectivity index (χ0) is 21.0. The third kappa shape index (κ3) is 4.12. The van der Waals surface area contributed by atoms with Crippen LogP contribution in [0, 0.1) is 0 Å². The van der Waals surface area contributed by atoms with Crippen LogP contribution in [0.2, 0.25) is 0 Å². The van der Waals surface area contributed by atoms with Crippen molar-refractivity contribution >= 4 is 11.6 Å². The molecule has 1 saturated heterocycles. The van der Waals surface area contributed by atoms with Gasteiger partial charge in [0.25, 0.3) is 0 Å². The highest BCUT2D eigenvalue weighted by Crippen LogP contribution is 2.29. The normalized spacial score (nSPS) is 16.3. The van der Waals surface area contributed by atoms with Gasteiger partial charge in [0.05, 0.1) is 0 Å². The number of nitrogens with one attached hydrogen (secondary N) is 1. The summed E-state index contributed by atoms with van der Waals surface area (Å²) in [4.78, 5) is 27.5. The van der Waals surface area contributed by atoms with E-state index in [1.165, 1.54) is 12.0 Å². The first-order chi connectivity index (χ1) is 15.3. The molecular formula is C26H24N4O. The summed E-state index contributed by atoms with van der Waals surface area (Å²) in [5, 5.41) is 0. The van der Waals surface area contributed by atoms with Gasteiger partial charge in [-0.25, -0.2) is 4.98 Å². The van der Waals surface area contributed by atoms with Crippen LogP contribution in [0.25, 0.3) is 11.1 Å². The third-order valence-electron chi connectivity index (χ3n) is 5.92. The molecule has 1 aliphatic heterocycles. The number of pyridine rings is 2. The van der Waals surface area contributed by atoms with Gasteiger partial charge < -0.3 is 9.88 Å². The Morgan fingerprint density at radius 1 is 1.00 bits per heavy atom. The second-order valence-corrected chi connectivity index (χ2v) is 7.97. The van der Waals surface area contributed by atoms with Crippen molar-refractivity contribution in [3.8, 4) is 11.1 Å². The van der Waals surface area contributed by atoms with Gasteiger partial charge in [0.15, 0.2) is 0 Å². The Hall–Kier alpha value is -3.73. The fraction of sp³-hybridized carbons (Fsp3) is 0.192. The molecule has 1 aromatic carbocycles. The van der Waals surface area contributed by atoms with E-state index in [0.717, 1.165) is 36.5 Å². The number of hydrogen-bond acceptors (Lipinski definition) is 4. The van der Waals surface area contributed by atoms with Gasteiger partial charge in [0, 0.05) is 60.5 Å². The number of piperidine rings is 1. The molecule has 1 N–H and O–H groups in total. The molecular weight excluding hydrogens is 384 g/mol. The van der Waals surface area contributed by atoms with Crippen LogP contribution >= 0.6 is 0 Å². The van der Waals surface area contributed by atoms with Crippen LogP contribution in [-0.2, 0) is 0 Å². The molecule has 0 aliphatic carbocycles. The first-order valence-corrected chi connectivity index (χ1v) is 10.7. The van der Waals surface area contributed by atoms with E-state index in [0.29, 0.717) is 17.2 Å². The van der Waals surface area contributed by atoms with E-state index in [-0.39, 0.29) is 5.78 Å². The number of H-pyrrole nitrogens is 1. The molecule has 0 amide bonds. The molecule has 1 aliphatic rings. The van der Waals surface area contributed by atoms with E-state index in [9.17, 15) is 4.79 Å². The zero-order valence-electron chi connectivity index (χ0n) is 17.2. The first kappa shape index (κ1) is 19.2. The van der Waals surface area contributed by atoms with E-state index in [1.807, 2.05) is 36.7 Å². The zero-order valence-corrected chi connectivity index (χ0v) is 17.2. The Labute approximate surface area is 181 Å². The number of aromatic amines is 1. The lowest BCUT2D eigenvalue weighted by molar-refractivity contribution is 0.103. The summed E-state index contributed by atoms with van der Waals surface area (Å²) < 4.78 is 0. The van der Waals surface area contributed by atoms with Gasteiger partial charge in [-0.1, -0.05) is 36.4 Å². The summed E-state index contributed by atoms with van der Waals surface area (Å²) in [5.41, 5.74) is 4.28. The fourth-order valence-corrected chi connectivity index (χ4v) is 4.28. The predicted octanol–water partition coefficient (Wildman–Crippen LogP) is 5.09. The summed E-state index contributed by atoms with van der Waals surface area (Å²) in [6.07, 6.45) is 9.42. The van der Waals surface area contributed by atoms with Crippen molar-refractivity contribution in [2.45, 2.75) is 18.8 Å². The molecule has 5 nitrogen and oxygen atoms in total.